The van der Waals surface area contributed by atoms with Crippen LogP contribution in [0.4, 0.5) is 4.39 Å². The number of furan rings is 1. The predicted octanol–water partition coefficient (Wildman–Crippen LogP) is 3.04. The van der Waals surface area contributed by atoms with Crippen molar-refractivity contribution < 1.29 is 13.5 Å². The molecule has 18 heavy (non-hydrogen) atoms. The highest BCUT2D eigenvalue weighted by molar-refractivity contribution is 5.39. The van der Waals surface area contributed by atoms with E-state index in [4.69, 9.17) is 9.15 Å². The fourth-order valence-electron chi connectivity index (χ4n) is 2.08. The molecule has 0 aliphatic carbocycles. The summed E-state index contributed by atoms with van der Waals surface area (Å²) in [4.78, 5) is 0. The van der Waals surface area contributed by atoms with Crippen LogP contribution >= 0.6 is 0 Å². The van der Waals surface area contributed by atoms with Gasteiger partial charge in [-0.3, -0.25) is 0 Å². The Labute approximate surface area is 106 Å². The van der Waals surface area contributed by atoms with Crippen molar-refractivity contribution in [2.75, 3.05) is 14.2 Å². The first-order valence-corrected chi connectivity index (χ1v) is 5.72. The normalized spacial score (nSPS) is 12.4. The van der Waals surface area contributed by atoms with Crippen LogP contribution in [0, 0.1) is 12.7 Å². The van der Waals surface area contributed by atoms with Gasteiger partial charge in [-0.1, -0.05) is 12.1 Å². The molecule has 2 aromatic rings. The Bertz CT molecular complexity index is 536. The van der Waals surface area contributed by atoms with Crippen molar-refractivity contribution in [2.45, 2.75) is 13.0 Å². The first-order chi connectivity index (χ1) is 8.69. The SMILES string of the molecule is CNC(c1ccoc1C)c1cccc(OC)c1F. The summed E-state index contributed by atoms with van der Waals surface area (Å²) in [7, 11) is 3.25. The smallest absolute Gasteiger partial charge is 0.170 e. The number of rotatable bonds is 4. The zero-order valence-electron chi connectivity index (χ0n) is 10.7. The van der Waals surface area contributed by atoms with Crippen LogP contribution < -0.4 is 10.1 Å². The van der Waals surface area contributed by atoms with Gasteiger partial charge < -0.3 is 14.5 Å². The quantitative estimate of drug-likeness (QED) is 0.904. The van der Waals surface area contributed by atoms with E-state index in [1.54, 1.807) is 31.5 Å². The molecule has 0 saturated heterocycles. The lowest BCUT2D eigenvalue weighted by atomic mass is 9.98. The number of ether oxygens (including phenoxy) is 1. The Morgan fingerprint density at radius 2 is 2.06 bits per heavy atom. The van der Waals surface area contributed by atoms with E-state index >= 15 is 0 Å². The monoisotopic (exact) mass is 249 g/mol. The van der Waals surface area contributed by atoms with Crippen molar-refractivity contribution in [3.63, 3.8) is 0 Å². The van der Waals surface area contributed by atoms with E-state index in [0.717, 1.165) is 11.3 Å². The topological polar surface area (TPSA) is 34.4 Å². The van der Waals surface area contributed by atoms with Gasteiger partial charge in [0, 0.05) is 11.1 Å². The maximum Gasteiger partial charge on any atom is 0.170 e. The van der Waals surface area contributed by atoms with E-state index < -0.39 is 0 Å². The molecule has 0 amide bonds. The van der Waals surface area contributed by atoms with Crippen molar-refractivity contribution in [3.8, 4) is 5.75 Å². The van der Waals surface area contributed by atoms with Gasteiger partial charge in [-0.25, -0.2) is 4.39 Å². The minimum atomic E-state index is -0.347. The van der Waals surface area contributed by atoms with Crippen LogP contribution in [0.5, 0.6) is 5.75 Å². The van der Waals surface area contributed by atoms with Gasteiger partial charge in [-0.2, -0.15) is 0 Å². The molecule has 1 heterocycles. The zero-order valence-corrected chi connectivity index (χ0v) is 10.7. The van der Waals surface area contributed by atoms with Crippen LogP contribution in [-0.4, -0.2) is 14.2 Å². The third kappa shape index (κ3) is 2.11. The number of halogens is 1. The Morgan fingerprint density at radius 3 is 2.61 bits per heavy atom. The average Bonchev–Trinajstić information content (AvgIpc) is 2.79. The largest absolute Gasteiger partial charge is 0.494 e. The molecular formula is C14H16FNO2. The highest BCUT2D eigenvalue weighted by Gasteiger charge is 2.21. The number of benzene rings is 1. The van der Waals surface area contributed by atoms with Crippen molar-refractivity contribution in [2.24, 2.45) is 0 Å². The lowest BCUT2D eigenvalue weighted by molar-refractivity contribution is 0.382. The molecule has 0 spiro atoms. The Balaban J connectivity index is 2.49. The lowest BCUT2D eigenvalue weighted by Crippen LogP contribution is -2.19. The molecule has 2 rings (SSSR count). The number of nitrogens with one attached hydrogen (secondary N) is 1. The molecule has 96 valence electrons. The molecule has 0 aliphatic rings. The number of hydrogen-bond donors (Lipinski definition) is 1. The second-order valence-electron chi connectivity index (χ2n) is 4.02. The van der Waals surface area contributed by atoms with Crippen LogP contribution in [-0.2, 0) is 0 Å². The summed E-state index contributed by atoms with van der Waals surface area (Å²) >= 11 is 0. The van der Waals surface area contributed by atoms with Crippen LogP contribution in [0.25, 0.3) is 0 Å². The van der Waals surface area contributed by atoms with Gasteiger partial charge in [0.15, 0.2) is 11.6 Å². The van der Waals surface area contributed by atoms with Crippen LogP contribution in [0.1, 0.15) is 22.9 Å². The molecule has 4 heteroatoms. The lowest BCUT2D eigenvalue weighted by Gasteiger charge is -2.18. The van der Waals surface area contributed by atoms with Crippen molar-refractivity contribution in [1.29, 1.82) is 0 Å². The van der Waals surface area contributed by atoms with E-state index in [2.05, 4.69) is 5.32 Å². The summed E-state index contributed by atoms with van der Waals surface area (Å²) in [5.74, 6) is 0.672. The Morgan fingerprint density at radius 1 is 1.28 bits per heavy atom. The molecule has 0 bridgehead atoms. The third-order valence-corrected chi connectivity index (χ3v) is 3.02. The second kappa shape index (κ2) is 5.23. The van der Waals surface area contributed by atoms with E-state index in [1.807, 2.05) is 13.0 Å². The number of aryl methyl sites for hydroxylation is 1. The van der Waals surface area contributed by atoms with Crippen molar-refractivity contribution in [1.82, 2.24) is 5.32 Å². The molecule has 1 N–H and O–H groups in total. The predicted molar refractivity (Wildman–Crippen MR) is 67.3 cm³/mol. The summed E-state index contributed by atoms with van der Waals surface area (Å²) in [5.41, 5.74) is 1.46. The highest BCUT2D eigenvalue weighted by Crippen LogP contribution is 2.30. The van der Waals surface area contributed by atoms with E-state index in [1.165, 1.54) is 7.11 Å². The molecule has 1 aromatic heterocycles. The van der Waals surface area contributed by atoms with Crippen LogP contribution in [0.15, 0.2) is 34.9 Å². The van der Waals surface area contributed by atoms with Gasteiger partial charge in [0.1, 0.15) is 5.76 Å². The van der Waals surface area contributed by atoms with E-state index in [-0.39, 0.29) is 17.6 Å². The number of hydrogen-bond acceptors (Lipinski definition) is 3. The molecule has 3 nitrogen and oxygen atoms in total. The Hall–Kier alpha value is -1.81. The van der Waals surface area contributed by atoms with Gasteiger partial charge in [0.25, 0.3) is 0 Å². The molecular weight excluding hydrogens is 233 g/mol. The average molecular weight is 249 g/mol. The maximum atomic E-state index is 14.2. The molecule has 1 unspecified atom stereocenters. The zero-order chi connectivity index (χ0) is 13.1. The van der Waals surface area contributed by atoms with Gasteiger partial charge in [0.2, 0.25) is 0 Å². The standard InChI is InChI=1S/C14H16FNO2/c1-9-10(7-8-18-9)14(16-2)11-5-4-6-12(17-3)13(11)15/h4-8,14,16H,1-3H3. The first-order valence-electron chi connectivity index (χ1n) is 5.72. The second-order valence-corrected chi connectivity index (χ2v) is 4.02. The van der Waals surface area contributed by atoms with Crippen molar-refractivity contribution in [3.05, 3.63) is 53.2 Å². The molecule has 0 aliphatic heterocycles. The molecule has 0 saturated carbocycles. The summed E-state index contributed by atoms with van der Waals surface area (Å²) in [6.45, 7) is 1.86. The molecule has 0 fully saturated rings. The van der Waals surface area contributed by atoms with Crippen molar-refractivity contribution >= 4 is 0 Å². The fourth-order valence-corrected chi connectivity index (χ4v) is 2.08. The van der Waals surface area contributed by atoms with Gasteiger partial charge in [-0.15, -0.1) is 0 Å². The molecule has 1 aromatic carbocycles. The fraction of sp³-hybridized carbons (Fsp3) is 0.286. The summed E-state index contributed by atoms with van der Waals surface area (Å²) in [6.07, 6.45) is 1.60. The third-order valence-electron chi connectivity index (χ3n) is 3.02. The minimum Gasteiger partial charge on any atom is -0.494 e. The maximum absolute atomic E-state index is 14.2. The van der Waals surface area contributed by atoms with Crippen LogP contribution in [0.2, 0.25) is 0 Å². The Kier molecular flexibility index (Phi) is 3.67. The van der Waals surface area contributed by atoms with Gasteiger partial charge in [-0.05, 0) is 26.1 Å². The van der Waals surface area contributed by atoms with E-state index in [0.29, 0.717) is 5.56 Å². The highest BCUT2D eigenvalue weighted by atomic mass is 19.1. The summed E-state index contributed by atoms with van der Waals surface area (Å²) in [6, 6.07) is 6.71. The van der Waals surface area contributed by atoms with Gasteiger partial charge in [0.05, 0.1) is 19.4 Å². The minimum absolute atomic E-state index is 0.244. The molecule has 0 radical (unpaired) electrons. The molecule has 1 atom stereocenters. The number of methoxy groups -OCH3 is 1. The summed E-state index contributed by atoms with van der Waals surface area (Å²) in [5, 5.41) is 3.10. The summed E-state index contributed by atoms with van der Waals surface area (Å²) < 4.78 is 24.5. The first kappa shape index (κ1) is 12.6. The van der Waals surface area contributed by atoms with Crippen LogP contribution in [0.3, 0.4) is 0 Å². The van der Waals surface area contributed by atoms with Gasteiger partial charge >= 0.3 is 0 Å². The van der Waals surface area contributed by atoms with E-state index in [9.17, 15) is 4.39 Å².